The van der Waals surface area contributed by atoms with E-state index in [0.717, 1.165) is 15.2 Å². The number of carbonyl (C=O) groups is 2. The van der Waals surface area contributed by atoms with E-state index in [9.17, 15) is 9.59 Å². The molecule has 0 aliphatic carbocycles. The Bertz CT molecular complexity index is 1470. The summed E-state index contributed by atoms with van der Waals surface area (Å²) in [5.41, 5.74) is 3.17. The fraction of sp³-hybridized carbons (Fsp3) is 0.107. The molecule has 1 amide bonds. The molecule has 0 atom stereocenters. The summed E-state index contributed by atoms with van der Waals surface area (Å²) in [6.45, 7) is -0.213. The third-order valence-electron chi connectivity index (χ3n) is 5.28. The molecule has 0 aromatic heterocycles. The third kappa shape index (κ3) is 6.65. The molecule has 8 nitrogen and oxygen atoms in total. The Labute approximate surface area is 221 Å². The summed E-state index contributed by atoms with van der Waals surface area (Å²) in [6.07, 6.45) is 1.38. The number of hydrogen-bond acceptors (Lipinski definition) is 7. The second-order valence-corrected chi connectivity index (χ2v) is 8.65. The molecule has 37 heavy (non-hydrogen) atoms. The van der Waals surface area contributed by atoms with Gasteiger partial charge in [0.1, 0.15) is 11.5 Å². The smallest absolute Gasteiger partial charge is 0.343 e. The number of esters is 1. The summed E-state index contributed by atoms with van der Waals surface area (Å²) in [6, 6.07) is 23.3. The number of hydrazone groups is 1. The maximum atomic E-state index is 12.7. The molecule has 4 rings (SSSR count). The number of benzene rings is 4. The fourth-order valence-corrected chi connectivity index (χ4v) is 3.83. The second kappa shape index (κ2) is 12.0. The molecule has 0 saturated carbocycles. The summed E-state index contributed by atoms with van der Waals surface area (Å²) in [5.74, 6) is 0.704. The maximum Gasteiger partial charge on any atom is 0.343 e. The van der Waals surface area contributed by atoms with Crippen LogP contribution in [-0.4, -0.2) is 38.9 Å². The van der Waals surface area contributed by atoms with Gasteiger partial charge in [0.25, 0.3) is 5.91 Å². The number of ether oxygens (including phenoxy) is 4. The zero-order valence-electron chi connectivity index (χ0n) is 20.1. The Kier molecular flexibility index (Phi) is 8.37. The van der Waals surface area contributed by atoms with Gasteiger partial charge in [0.2, 0.25) is 0 Å². The van der Waals surface area contributed by atoms with E-state index in [1.54, 1.807) is 36.4 Å². The van der Waals surface area contributed by atoms with Crippen molar-refractivity contribution in [3.05, 3.63) is 94.5 Å². The molecule has 0 fully saturated rings. The van der Waals surface area contributed by atoms with Crippen LogP contribution in [0.1, 0.15) is 15.9 Å². The van der Waals surface area contributed by atoms with Gasteiger partial charge in [-0.2, -0.15) is 5.10 Å². The topological polar surface area (TPSA) is 95.5 Å². The zero-order valence-corrected chi connectivity index (χ0v) is 21.7. The summed E-state index contributed by atoms with van der Waals surface area (Å²) in [7, 11) is 3.00. The average molecular weight is 563 g/mol. The molecule has 4 aromatic carbocycles. The molecule has 0 heterocycles. The lowest BCUT2D eigenvalue weighted by atomic mass is 10.1. The Hall–Kier alpha value is -4.37. The van der Waals surface area contributed by atoms with Crippen LogP contribution in [0.15, 0.2) is 88.4 Å². The van der Waals surface area contributed by atoms with Gasteiger partial charge >= 0.3 is 5.97 Å². The number of nitrogens with zero attached hydrogens (tertiary/aromatic N) is 1. The van der Waals surface area contributed by atoms with E-state index in [1.807, 2.05) is 36.4 Å². The van der Waals surface area contributed by atoms with Gasteiger partial charge in [-0.15, -0.1) is 0 Å². The lowest BCUT2D eigenvalue weighted by Crippen LogP contribution is -2.24. The van der Waals surface area contributed by atoms with Crippen LogP contribution in [0.3, 0.4) is 0 Å². The van der Waals surface area contributed by atoms with Crippen molar-refractivity contribution in [2.24, 2.45) is 5.10 Å². The molecular formula is C28H23BrN2O6. The van der Waals surface area contributed by atoms with Crippen molar-refractivity contribution in [1.29, 1.82) is 0 Å². The van der Waals surface area contributed by atoms with E-state index < -0.39 is 11.9 Å². The number of hydrogen-bond donors (Lipinski definition) is 1. The van der Waals surface area contributed by atoms with Gasteiger partial charge in [0.05, 0.1) is 26.0 Å². The number of carbonyl (C=O) groups excluding carboxylic acids is 2. The highest BCUT2D eigenvalue weighted by molar-refractivity contribution is 9.10. The molecule has 0 spiro atoms. The fourth-order valence-electron chi connectivity index (χ4n) is 3.45. The number of fused-ring (bicyclic) bond motifs is 1. The number of rotatable bonds is 9. The quantitative estimate of drug-likeness (QED) is 0.127. The first-order valence-electron chi connectivity index (χ1n) is 11.1. The van der Waals surface area contributed by atoms with Crippen molar-refractivity contribution in [2.75, 3.05) is 20.8 Å². The predicted molar refractivity (Wildman–Crippen MR) is 144 cm³/mol. The SMILES string of the molecule is COc1ccc(C(=O)Oc2ccc(Br)cc2/C=N/NC(=O)COc2ccc3ccccc3c2)cc1OC. The van der Waals surface area contributed by atoms with Crippen molar-refractivity contribution in [3.8, 4) is 23.0 Å². The normalized spacial score (nSPS) is 10.8. The Morgan fingerprint density at radius 2 is 1.62 bits per heavy atom. The summed E-state index contributed by atoms with van der Waals surface area (Å²) in [5, 5.41) is 6.08. The Morgan fingerprint density at radius 1 is 0.865 bits per heavy atom. The molecule has 0 aliphatic heterocycles. The van der Waals surface area contributed by atoms with E-state index in [1.165, 1.54) is 26.5 Å². The monoisotopic (exact) mass is 562 g/mol. The van der Waals surface area contributed by atoms with Crippen LogP contribution < -0.4 is 24.4 Å². The van der Waals surface area contributed by atoms with Crippen LogP contribution >= 0.6 is 15.9 Å². The van der Waals surface area contributed by atoms with Crippen molar-refractivity contribution in [3.63, 3.8) is 0 Å². The highest BCUT2D eigenvalue weighted by atomic mass is 79.9. The van der Waals surface area contributed by atoms with Crippen LogP contribution in [0.4, 0.5) is 0 Å². The minimum absolute atomic E-state index is 0.213. The number of halogens is 1. The van der Waals surface area contributed by atoms with Gasteiger partial charge in [-0.1, -0.05) is 46.3 Å². The summed E-state index contributed by atoms with van der Waals surface area (Å²) in [4.78, 5) is 25.0. The third-order valence-corrected chi connectivity index (χ3v) is 5.77. The van der Waals surface area contributed by atoms with Crippen molar-refractivity contribution in [2.45, 2.75) is 0 Å². The zero-order chi connectivity index (χ0) is 26.2. The van der Waals surface area contributed by atoms with Gasteiger partial charge in [0.15, 0.2) is 18.1 Å². The molecule has 1 N–H and O–H groups in total. The molecule has 9 heteroatoms. The molecule has 0 aliphatic rings. The largest absolute Gasteiger partial charge is 0.493 e. The van der Waals surface area contributed by atoms with Gasteiger partial charge in [-0.3, -0.25) is 4.79 Å². The molecule has 188 valence electrons. The number of methoxy groups -OCH3 is 2. The first-order chi connectivity index (χ1) is 18.0. The maximum absolute atomic E-state index is 12.7. The summed E-state index contributed by atoms with van der Waals surface area (Å²) >= 11 is 3.39. The van der Waals surface area contributed by atoms with E-state index >= 15 is 0 Å². The highest BCUT2D eigenvalue weighted by Gasteiger charge is 2.15. The number of nitrogens with one attached hydrogen (secondary N) is 1. The van der Waals surface area contributed by atoms with Gasteiger partial charge in [-0.05, 0) is 59.3 Å². The van der Waals surface area contributed by atoms with E-state index in [0.29, 0.717) is 22.8 Å². The average Bonchev–Trinajstić information content (AvgIpc) is 2.92. The molecular weight excluding hydrogens is 540 g/mol. The van der Waals surface area contributed by atoms with Crippen LogP contribution in [0.2, 0.25) is 0 Å². The van der Waals surface area contributed by atoms with Crippen LogP contribution in [0, 0.1) is 0 Å². The molecule has 4 aromatic rings. The molecule has 0 radical (unpaired) electrons. The molecule has 0 unspecified atom stereocenters. The summed E-state index contributed by atoms with van der Waals surface area (Å²) < 4.78 is 22.3. The van der Waals surface area contributed by atoms with E-state index in [2.05, 4.69) is 26.5 Å². The molecule has 0 bridgehead atoms. The Balaban J connectivity index is 1.38. The van der Waals surface area contributed by atoms with Gasteiger partial charge in [0, 0.05) is 10.0 Å². The van der Waals surface area contributed by atoms with E-state index in [-0.39, 0.29) is 17.9 Å². The standard InChI is InChI=1S/C28H23BrN2O6/c1-34-25-11-8-20(15-26(25)35-2)28(33)37-24-12-9-22(29)13-21(24)16-30-31-27(32)17-36-23-10-7-18-5-3-4-6-19(18)14-23/h3-16H,17H2,1-2H3,(H,31,32)/b30-16+. The van der Waals surface area contributed by atoms with Crippen LogP contribution in [0.25, 0.3) is 10.8 Å². The Morgan fingerprint density at radius 3 is 2.41 bits per heavy atom. The van der Waals surface area contributed by atoms with Crippen molar-refractivity contribution in [1.82, 2.24) is 5.43 Å². The number of amides is 1. The van der Waals surface area contributed by atoms with Crippen molar-refractivity contribution < 1.29 is 28.5 Å². The second-order valence-electron chi connectivity index (χ2n) is 7.73. The van der Waals surface area contributed by atoms with Crippen LogP contribution in [-0.2, 0) is 4.79 Å². The lowest BCUT2D eigenvalue weighted by molar-refractivity contribution is -0.123. The van der Waals surface area contributed by atoms with Gasteiger partial charge < -0.3 is 18.9 Å². The predicted octanol–water partition coefficient (Wildman–Crippen LogP) is 5.37. The molecule has 0 saturated heterocycles. The minimum Gasteiger partial charge on any atom is -0.493 e. The van der Waals surface area contributed by atoms with Crippen molar-refractivity contribution >= 4 is 44.8 Å². The first-order valence-corrected chi connectivity index (χ1v) is 11.9. The minimum atomic E-state index is -0.592. The lowest BCUT2D eigenvalue weighted by Gasteiger charge is -2.11. The first kappa shape index (κ1) is 25.7. The van der Waals surface area contributed by atoms with E-state index in [4.69, 9.17) is 18.9 Å². The highest BCUT2D eigenvalue weighted by Crippen LogP contribution is 2.29. The van der Waals surface area contributed by atoms with Crippen LogP contribution in [0.5, 0.6) is 23.0 Å². The van der Waals surface area contributed by atoms with Gasteiger partial charge in [-0.25, -0.2) is 10.2 Å².